The molecule has 0 atom stereocenters. The van der Waals surface area contributed by atoms with E-state index in [4.69, 9.17) is 4.74 Å². The average molecular weight is 356 g/mol. The second-order valence-electron chi connectivity index (χ2n) is 5.17. The van der Waals surface area contributed by atoms with E-state index in [1.54, 1.807) is 40.8 Å². The molecule has 3 rings (SSSR count). The zero-order valence-corrected chi connectivity index (χ0v) is 14.6. The first-order valence-electron chi connectivity index (χ1n) is 7.67. The summed E-state index contributed by atoms with van der Waals surface area (Å²) in [6.45, 7) is 2.63. The molecular formula is C16H17BN4O3S. The number of hydrazone groups is 1. The third-order valence-electron chi connectivity index (χ3n) is 3.65. The van der Waals surface area contributed by atoms with Crippen molar-refractivity contribution in [2.24, 2.45) is 5.10 Å². The number of hydrogen-bond donors (Lipinski definition) is 2. The Labute approximate surface area is 149 Å². The van der Waals surface area contributed by atoms with Gasteiger partial charge in [-0.15, -0.1) is 11.3 Å². The van der Waals surface area contributed by atoms with Gasteiger partial charge in [-0.05, 0) is 30.0 Å². The molecule has 128 valence electrons. The van der Waals surface area contributed by atoms with Gasteiger partial charge in [0.15, 0.2) is 5.82 Å². The molecule has 1 aromatic carbocycles. The van der Waals surface area contributed by atoms with Gasteiger partial charge in [-0.25, -0.2) is 15.0 Å². The van der Waals surface area contributed by atoms with Crippen LogP contribution in [0, 0.1) is 0 Å². The van der Waals surface area contributed by atoms with E-state index in [1.807, 2.05) is 18.4 Å². The van der Waals surface area contributed by atoms with Crippen LogP contribution in [0.2, 0.25) is 0 Å². The summed E-state index contributed by atoms with van der Waals surface area (Å²) in [6.07, 6.45) is 3.21. The third kappa shape index (κ3) is 3.63. The van der Waals surface area contributed by atoms with Crippen LogP contribution in [0.25, 0.3) is 10.2 Å². The van der Waals surface area contributed by atoms with E-state index in [-0.39, 0.29) is 0 Å². The van der Waals surface area contributed by atoms with E-state index < -0.39 is 7.12 Å². The Morgan fingerprint density at radius 1 is 1.32 bits per heavy atom. The van der Waals surface area contributed by atoms with Crippen molar-refractivity contribution in [3.8, 4) is 5.75 Å². The highest BCUT2D eigenvalue weighted by molar-refractivity contribution is 7.17. The van der Waals surface area contributed by atoms with Gasteiger partial charge < -0.3 is 14.8 Å². The van der Waals surface area contributed by atoms with Gasteiger partial charge in [-0.3, -0.25) is 0 Å². The van der Waals surface area contributed by atoms with Crippen LogP contribution in [0.4, 0.5) is 5.82 Å². The highest BCUT2D eigenvalue weighted by Crippen LogP contribution is 2.27. The molecular weight excluding hydrogens is 339 g/mol. The average Bonchev–Trinajstić information content (AvgIpc) is 3.11. The highest BCUT2D eigenvalue weighted by atomic mass is 32.1. The molecule has 0 bridgehead atoms. The van der Waals surface area contributed by atoms with Crippen molar-refractivity contribution in [3.63, 3.8) is 0 Å². The van der Waals surface area contributed by atoms with Crippen molar-refractivity contribution in [3.05, 3.63) is 41.5 Å². The normalized spacial score (nSPS) is 11.2. The first-order valence-corrected chi connectivity index (χ1v) is 8.55. The summed E-state index contributed by atoms with van der Waals surface area (Å²) >= 11 is 1.57. The van der Waals surface area contributed by atoms with E-state index in [2.05, 4.69) is 15.1 Å². The zero-order valence-electron chi connectivity index (χ0n) is 13.8. The molecule has 3 aromatic rings. The van der Waals surface area contributed by atoms with Crippen LogP contribution >= 0.6 is 11.3 Å². The Kier molecular flexibility index (Phi) is 5.27. The number of aromatic nitrogens is 2. The number of fused-ring (bicyclic) bond motifs is 1. The van der Waals surface area contributed by atoms with Crippen molar-refractivity contribution >= 4 is 46.2 Å². The molecule has 0 amide bonds. The predicted octanol–water partition coefficient (Wildman–Crippen LogP) is 1.24. The summed E-state index contributed by atoms with van der Waals surface area (Å²) < 4.78 is 6.18. The molecule has 2 aromatic heterocycles. The van der Waals surface area contributed by atoms with Crippen molar-refractivity contribution in [1.82, 2.24) is 9.97 Å². The summed E-state index contributed by atoms with van der Waals surface area (Å²) in [4.78, 5) is 8.60. The monoisotopic (exact) mass is 356 g/mol. The summed E-state index contributed by atoms with van der Waals surface area (Å²) in [5.41, 5.74) is 1.98. The van der Waals surface area contributed by atoms with Gasteiger partial charge >= 0.3 is 7.12 Å². The Balaban J connectivity index is 1.90. The SMILES string of the molecule is CCN(/N=C/c1ccc(B(O)O)c(OC)c1)c1ncnc2ccsc12. The minimum Gasteiger partial charge on any atom is -0.497 e. The Bertz CT molecular complexity index is 900. The van der Waals surface area contributed by atoms with E-state index in [0.717, 1.165) is 21.6 Å². The van der Waals surface area contributed by atoms with Crippen LogP contribution in [0.5, 0.6) is 5.75 Å². The fourth-order valence-corrected chi connectivity index (χ4v) is 3.24. The molecule has 0 aliphatic carbocycles. The number of hydrogen-bond acceptors (Lipinski definition) is 8. The Hall–Kier alpha value is -2.49. The molecule has 2 N–H and O–H groups in total. The van der Waals surface area contributed by atoms with Crippen molar-refractivity contribution in [1.29, 1.82) is 0 Å². The van der Waals surface area contributed by atoms with E-state index in [1.165, 1.54) is 13.4 Å². The molecule has 0 radical (unpaired) electrons. The van der Waals surface area contributed by atoms with Gasteiger partial charge in [-0.2, -0.15) is 5.10 Å². The number of nitrogens with zero attached hydrogens (tertiary/aromatic N) is 4. The number of ether oxygens (including phenoxy) is 1. The standard InChI is InChI=1S/C16H17BN4O3S/c1-3-21(16-15-13(6-7-25-15)18-10-19-16)20-9-11-4-5-12(17(22)23)14(8-11)24-2/h4-10,22-23H,3H2,1-2H3/b20-9+. The number of anilines is 1. The highest BCUT2D eigenvalue weighted by Gasteiger charge is 2.17. The van der Waals surface area contributed by atoms with Gasteiger partial charge in [0.2, 0.25) is 0 Å². The number of benzene rings is 1. The largest absolute Gasteiger partial charge is 0.497 e. The van der Waals surface area contributed by atoms with Crippen molar-refractivity contribution in [2.45, 2.75) is 6.92 Å². The van der Waals surface area contributed by atoms with Crippen molar-refractivity contribution in [2.75, 3.05) is 18.7 Å². The lowest BCUT2D eigenvalue weighted by Crippen LogP contribution is -2.31. The molecule has 0 fully saturated rings. The molecule has 0 unspecified atom stereocenters. The third-order valence-corrected chi connectivity index (χ3v) is 4.55. The van der Waals surface area contributed by atoms with Gasteiger partial charge in [-0.1, -0.05) is 12.1 Å². The fourth-order valence-electron chi connectivity index (χ4n) is 2.40. The van der Waals surface area contributed by atoms with Crippen LogP contribution < -0.4 is 15.2 Å². The maximum absolute atomic E-state index is 9.33. The molecule has 0 aliphatic heterocycles. The zero-order chi connectivity index (χ0) is 17.8. The molecule has 0 spiro atoms. The quantitative estimate of drug-likeness (QED) is 0.392. The summed E-state index contributed by atoms with van der Waals surface area (Å²) in [5, 5.41) is 26.9. The van der Waals surface area contributed by atoms with Gasteiger partial charge in [0.25, 0.3) is 0 Å². The van der Waals surface area contributed by atoms with Crippen LogP contribution in [0.15, 0.2) is 41.1 Å². The minimum absolute atomic E-state index is 0.308. The second-order valence-corrected chi connectivity index (χ2v) is 6.08. The van der Waals surface area contributed by atoms with Crippen LogP contribution in [-0.2, 0) is 0 Å². The van der Waals surface area contributed by atoms with Crippen molar-refractivity contribution < 1.29 is 14.8 Å². The fraction of sp³-hybridized carbons (Fsp3) is 0.188. The Morgan fingerprint density at radius 2 is 2.16 bits per heavy atom. The second kappa shape index (κ2) is 7.60. The van der Waals surface area contributed by atoms with Crippen LogP contribution in [0.1, 0.15) is 12.5 Å². The number of rotatable bonds is 6. The topological polar surface area (TPSA) is 91.1 Å². The smallest absolute Gasteiger partial charge is 0.492 e. The summed E-state index contributed by atoms with van der Waals surface area (Å²) in [7, 11) is -0.101. The molecule has 0 saturated heterocycles. The molecule has 25 heavy (non-hydrogen) atoms. The minimum atomic E-state index is -1.58. The predicted molar refractivity (Wildman–Crippen MR) is 101 cm³/mol. The summed E-state index contributed by atoms with van der Waals surface area (Å²) in [5.74, 6) is 1.15. The van der Waals surface area contributed by atoms with Crippen LogP contribution in [-0.4, -0.2) is 47.0 Å². The number of thiophene rings is 1. The summed E-state index contributed by atoms with van der Waals surface area (Å²) in [6, 6.07) is 7.00. The lowest BCUT2D eigenvalue weighted by atomic mass is 9.79. The van der Waals surface area contributed by atoms with Gasteiger partial charge in [0.05, 0.1) is 23.5 Å². The van der Waals surface area contributed by atoms with E-state index in [9.17, 15) is 10.0 Å². The van der Waals surface area contributed by atoms with E-state index >= 15 is 0 Å². The lowest BCUT2D eigenvalue weighted by Gasteiger charge is -2.16. The first-order chi connectivity index (χ1) is 12.1. The molecule has 9 heteroatoms. The van der Waals surface area contributed by atoms with E-state index in [0.29, 0.717) is 17.8 Å². The molecule has 0 saturated carbocycles. The lowest BCUT2D eigenvalue weighted by molar-refractivity contribution is 0.403. The number of methoxy groups -OCH3 is 1. The molecule has 0 aliphatic rings. The maximum Gasteiger partial charge on any atom is 0.492 e. The Morgan fingerprint density at radius 3 is 2.88 bits per heavy atom. The van der Waals surface area contributed by atoms with Gasteiger partial charge in [0.1, 0.15) is 12.1 Å². The molecule has 2 heterocycles. The van der Waals surface area contributed by atoms with Gasteiger partial charge in [0, 0.05) is 12.0 Å². The first kappa shape index (κ1) is 17.3. The van der Waals surface area contributed by atoms with Crippen LogP contribution in [0.3, 0.4) is 0 Å². The molecule has 7 nitrogen and oxygen atoms in total. The maximum atomic E-state index is 9.33.